The van der Waals surface area contributed by atoms with Gasteiger partial charge in [0.15, 0.2) is 0 Å². The van der Waals surface area contributed by atoms with Crippen LogP contribution in [0.1, 0.15) is 5.56 Å². The van der Waals surface area contributed by atoms with Crippen molar-refractivity contribution in [2.45, 2.75) is 13.1 Å². The molecule has 4 N–H and O–H groups in total. The highest BCUT2D eigenvalue weighted by atomic mass is 16.1. The Morgan fingerprint density at radius 3 is 2.67 bits per heavy atom. The largest absolute Gasteiger partial charge is 0.329 e. The summed E-state index contributed by atoms with van der Waals surface area (Å²) in [4.78, 5) is 11.1. The van der Waals surface area contributed by atoms with Crippen LogP contribution < -0.4 is 17.0 Å². The van der Waals surface area contributed by atoms with Gasteiger partial charge in [-0.15, -0.1) is 0 Å². The molecule has 1 aromatic heterocycles. The first kappa shape index (κ1) is 8.96. The van der Waals surface area contributed by atoms with Gasteiger partial charge in [-0.3, -0.25) is 4.79 Å². The quantitative estimate of drug-likeness (QED) is 0.623. The van der Waals surface area contributed by atoms with Crippen molar-refractivity contribution in [2.75, 3.05) is 6.54 Å². The Kier molecular flexibility index (Phi) is 3.01. The van der Waals surface area contributed by atoms with E-state index in [9.17, 15) is 4.79 Å². The highest BCUT2D eigenvalue weighted by Crippen LogP contribution is 1.92. The molecule has 0 aliphatic carbocycles. The summed E-state index contributed by atoms with van der Waals surface area (Å²) in [6, 6.07) is 3.24. The van der Waals surface area contributed by atoms with E-state index in [4.69, 9.17) is 11.5 Å². The molecule has 0 radical (unpaired) electrons. The van der Waals surface area contributed by atoms with Crippen molar-refractivity contribution in [1.29, 1.82) is 0 Å². The first-order valence-electron chi connectivity index (χ1n) is 3.87. The van der Waals surface area contributed by atoms with Gasteiger partial charge in [0, 0.05) is 31.9 Å². The van der Waals surface area contributed by atoms with Gasteiger partial charge in [-0.05, 0) is 5.56 Å². The summed E-state index contributed by atoms with van der Waals surface area (Å²) in [5.74, 6) is 0. The van der Waals surface area contributed by atoms with Crippen molar-refractivity contribution in [3.8, 4) is 0 Å². The Morgan fingerprint density at radius 2 is 2.08 bits per heavy atom. The molecule has 1 heterocycles. The lowest BCUT2D eigenvalue weighted by Crippen LogP contribution is -2.23. The fourth-order valence-electron chi connectivity index (χ4n) is 1.02. The number of hydrogen-bond acceptors (Lipinski definition) is 3. The summed E-state index contributed by atoms with van der Waals surface area (Å²) < 4.78 is 1.57. The van der Waals surface area contributed by atoms with Crippen LogP contribution in [-0.4, -0.2) is 11.1 Å². The molecule has 0 spiro atoms. The molecule has 66 valence electrons. The van der Waals surface area contributed by atoms with Gasteiger partial charge in [-0.25, -0.2) is 0 Å². The van der Waals surface area contributed by atoms with E-state index in [2.05, 4.69) is 0 Å². The Labute approximate surface area is 70.8 Å². The number of aromatic nitrogens is 1. The number of hydrogen-bond donors (Lipinski definition) is 2. The maximum Gasteiger partial charge on any atom is 0.250 e. The predicted octanol–water partition coefficient (Wildman–Crippen LogP) is -0.734. The lowest BCUT2D eigenvalue weighted by atomic mass is 10.3. The average molecular weight is 167 g/mol. The summed E-state index contributed by atoms with van der Waals surface area (Å²) >= 11 is 0. The molecule has 0 aromatic carbocycles. The fraction of sp³-hybridized carbons (Fsp3) is 0.375. The van der Waals surface area contributed by atoms with Crippen LogP contribution in [0.2, 0.25) is 0 Å². The molecule has 4 heteroatoms. The molecule has 0 saturated carbocycles. The Morgan fingerprint density at radius 1 is 1.33 bits per heavy atom. The molecule has 0 saturated heterocycles. The van der Waals surface area contributed by atoms with E-state index in [0.717, 1.165) is 5.56 Å². The molecule has 0 unspecified atom stereocenters. The van der Waals surface area contributed by atoms with Gasteiger partial charge in [0.25, 0.3) is 5.56 Å². The minimum absolute atomic E-state index is 0.0300. The molecule has 0 amide bonds. The third-order valence-corrected chi connectivity index (χ3v) is 1.65. The minimum Gasteiger partial charge on any atom is -0.329 e. The molecule has 0 bridgehead atoms. The molecule has 4 nitrogen and oxygen atoms in total. The zero-order valence-electron chi connectivity index (χ0n) is 6.86. The van der Waals surface area contributed by atoms with Gasteiger partial charge in [0.05, 0.1) is 0 Å². The van der Waals surface area contributed by atoms with Gasteiger partial charge in [-0.1, -0.05) is 6.07 Å². The summed E-state index contributed by atoms with van der Waals surface area (Å²) in [5.41, 5.74) is 11.7. The average Bonchev–Trinajstić information content (AvgIpc) is 2.09. The molecular formula is C8H13N3O. The maximum absolute atomic E-state index is 11.1. The summed E-state index contributed by atoms with van der Waals surface area (Å²) in [7, 11) is 0. The smallest absolute Gasteiger partial charge is 0.250 e. The van der Waals surface area contributed by atoms with E-state index in [1.54, 1.807) is 16.8 Å². The van der Waals surface area contributed by atoms with Gasteiger partial charge in [-0.2, -0.15) is 0 Å². The number of nitrogens with two attached hydrogens (primary N) is 2. The zero-order valence-corrected chi connectivity index (χ0v) is 6.86. The van der Waals surface area contributed by atoms with Crippen LogP contribution in [0.5, 0.6) is 0 Å². The van der Waals surface area contributed by atoms with Gasteiger partial charge in [0.2, 0.25) is 0 Å². The van der Waals surface area contributed by atoms with E-state index in [-0.39, 0.29) is 5.56 Å². The molecule has 1 aromatic rings. The topological polar surface area (TPSA) is 74.0 Å². The normalized spacial score (nSPS) is 10.2. The highest BCUT2D eigenvalue weighted by Gasteiger charge is 1.95. The van der Waals surface area contributed by atoms with Crippen LogP contribution in [0.4, 0.5) is 0 Å². The van der Waals surface area contributed by atoms with Crippen LogP contribution in [-0.2, 0) is 13.1 Å². The zero-order chi connectivity index (χ0) is 8.97. The van der Waals surface area contributed by atoms with E-state index >= 15 is 0 Å². The maximum atomic E-state index is 11.1. The van der Waals surface area contributed by atoms with Gasteiger partial charge < -0.3 is 16.0 Å². The Balaban J connectivity index is 3.00. The van der Waals surface area contributed by atoms with Crippen LogP contribution in [0.25, 0.3) is 0 Å². The second-order valence-corrected chi connectivity index (χ2v) is 2.56. The first-order chi connectivity index (χ1) is 5.77. The molecule has 0 atom stereocenters. The van der Waals surface area contributed by atoms with Crippen molar-refractivity contribution in [3.63, 3.8) is 0 Å². The van der Waals surface area contributed by atoms with Crippen molar-refractivity contribution in [2.24, 2.45) is 11.5 Å². The molecule has 0 aliphatic heterocycles. The Bertz CT molecular complexity index is 305. The van der Waals surface area contributed by atoms with Crippen LogP contribution in [0.3, 0.4) is 0 Å². The van der Waals surface area contributed by atoms with E-state index < -0.39 is 0 Å². The molecule has 0 fully saturated rings. The van der Waals surface area contributed by atoms with Crippen molar-refractivity contribution in [1.82, 2.24) is 4.57 Å². The molecule has 12 heavy (non-hydrogen) atoms. The number of rotatable bonds is 3. The summed E-state index contributed by atoms with van der Waals surface area (Å²) in [6.45, 7) is 1.46. The van der Waals surface area contributed by atoms with E-state index in [1.165, 1.54) is 6.07 Å². The van der Waals surface area contributed by atoms with E-state index in [0.29, 0.717) is 19.6 Å². The second kappa shape index (κ2) is 4.04. The first-order valence-corrected chi connectivity index (χ1v) is 3.87. The van der Waals surface area contributed by atoms with Crippen LogP contribution in [0, 0.1) is 0 Å². The summed E-state index contributed by atoms with van der Waals surface area (Å²) in [6.07, 6.45) is 1.75. The third-order valence-electron chi connectivity index (χ3n) is 1.65. The van der Waals surface area contributed by atoms with Crippen LogP contribution >= 0.6 is 0 Å². The number of nitrogens with zero attached hydrogens (tertiary/aromatic N) is 1. The van der Waals surface area contributed by atoms with Gasteiger partial charge >= 0.3 is 0 Å². The number of pyridine rings is 1. The standard InChI is InChI=1S/C8H13N3O/c9-3-4-11-6-7(5-10)1-2-8(11)12/h1-2,6H,3-5,9-10H2. The van der Waals surface area contributed by atoms with E-state index in [1.807, 2.05) is 0 Å². The molecule has 1 rings (SSSR count). The SMILES string of the molecule is NCCn1cc(CN)ccc1=O. The van der Waals surface area contributed by atoms with Gasteiger partial charge in [0.1, 0.15) is 0 Å². The second-order valence-electron chi connectivity index (χ2n) is 2.56. The van der Waals surface area contributed by atoms with Crippen molar-refractivity contribution in [3.05, 3.63) is 34.2 Å². The highest BCUT2D eigenvalue weighted by molar-refractivity contribution is 5.09. The van der Waals surface area contributed by atoms with Crippen LogP contribution in [0.15, 0.2) is 23.1 Å². The Hall–Kier alpha value is -1.13. The van der Waals surface area contributed by atoms with Crippen molar-refractivity contribution >= 4 is 0 Å². The predicted molar refractivity (Wildman–Crippen MR) is 47.6 cm³/mol. The summed E-state index contributed by atoms with van der Waals surface area (Å²) in [5, 5.41) is 0. The van der Waals surface area contributed by atoms with Crippen molar-refractivity contribution < 1.29 is 0 Å². The lowest BCUT2D eigenvalue weighted by Gasteiger charge is -2.04. The molecular weight excluding hydrogens is 154 g/mol. The minimum atomic E-state index is -0.0300. The lowest BCUT2D eigenvalue weighted by molar-refractivity contribution is 0.674. The third kappa shape index (κ3) is 1.93. The monoisotopic (exact) mass is 167 g/mol. The fourth-order valence-corrected chi connectivity index (χ4v) is 1.02. The molecule has 0 aliphatic rings.